The topological polar surface area (TPSA) is 93.9 Å². The van der Waals surface area contributed by atoms with E-state index in [0.29, 0.717) is 29.1 Å². The fourth-order valence-electron chi connectivity index (χ4n) is 2.69. The van der Waals surface area contributed by atoms with E-state index in [9.17, 15) is 9.59 Å². The molecule has 0 bridgehead atoms. The zero-order valence-corrected chi connectivity index (χ0v) is 16.2. The number of benzene rings is 2. The van der Waals surface area contributed by atoms with Gasteiger partial charge in [0, 0.05) is 34.6 Å². The number of nitrogen functional groups attached to an aromatic ring is 1. The Balaban J connectivity index is 1.51. The summed E-state index contributed by atoms with van der Waals surface area (Å²) in [6.45, 7) is 2.73. The largest absolute Gasteiger partial charge is 0.452 e. The van der Waals surface area contributed by atoms with E-state index in [4.69, 9.17) is 15.2 Å². The zero-order valence-electron chi connectivity index (χ0n) is 14.6. The molecule has 1 aliphatic heterocycles. The first-order valence-electron chi connectivity index (χ1n) is 8.48. The number of carbonyl (C=O) groups is 2. The molecular formula is C19H20BrN3O4. The number of rotatable bonds is 5. The van der Waals surface area contributed by atoms with Crippen LogP contribution in [0.2, 0.25) is 0 Å². The minimum Gasteiger partial charge on any atom is -0.452 e. The van der Waals surface area contributed by atoms with Gasteiger partial charge in [0.2, 0.25) is 0 Å². The highest BCUT2D eigenvalue weighted by atomic mass is 79.9. The lowest BCUT2D eigenvalue weighted by molar-refractivity contribution is -0.119. The molecule has 1 amide bonds. The molecule has 7 nitrogen and oxygen atoms in total. The summed E-state index contributed by atoms with van der Waals surface area (Å²) >= 11 is 3.27. The standard InChI is InChI=1S/C19H20BrN3O4/c20-13-1-6-17(21)16(11-13)19(25)27-12-18(24)22-14-2-4-15(5-3-14)23-7-9-26-10-8-23/h1-6,11H,7-10,12,21H2,(H,22,24). The van der Waals surface area contributed by atoms with Crippen molar-refractivity contribution in [2.75, 3.05) is 48.9 Å². The summed E-state index contributed by atoms with van der Waals surface area (Å²) in [7, 11) is 0. The number of nitrogens with zero attached hydrogens (tertiary/aromatic N) is 1. The van der Waals surface area contributed by atoms with Gasteiger partial charge in [0.15, 0.2) is 6.61 Å². The highest BCUT2D eigenvalue weighted by Crippen LogP contribution is 2.20. The van der Waals surface area contributed by atoms with Crippen molar-refractivity contribution in [1.82, 2.24) is 0 Å². The maximum Gasteiger partial charge on any atom is 0.340 e. The molecule has 1 heterocycles. The highest BCUT2D eigenvalue weighted by Gasteiger charge is 2.14. The summed E-state index contributed by atoms with van der Waals surface area (Å²) in [6, 6.07) is 12.4. The van der Waals surface area contributed by atoms with Crippen LogP contribution >= 0.6 is 15.9 Å². The van der Waals surface area contributed by atoms with Crippen LogP contribution in [0.15, 0.2) is 46.9 Å². The predicted octanol–water partition coefficient (Wildman–Crippen LogP) is 2.66. The quantitative estimate of drug-likeness (QED) is 0.555. The Bertz CT molecular complexity index is 820. The lowest BCUT2D eigenvalue weighted by Crippen LogP contribution is -2.36. The molecule has 3 N–H and O–H groups in total. The third-order valence-corrected chi connectivity index (χ3v) is 4.59. The average Bonchev–Trinajstić information content (AvgIpc) is 2.69. The molecule has 2 aromatic rings. The van der Waals surface area contributed by atoms with Crippen LogP contribution < -0.4 is 16.0 Å². The van der Waals surface area contributed by atoms with Crippen LogP contribution in [-0.4, -0.2) is 44.8 Å². The number of halogens is 1. The summed E-state index contributed by atoms with van der Waals surface area (Å²) in [6.07, 6.45) is 0. The molecule has 0 aliphatic carbocycles. The van der Waals surface area contributed by atoms with Crippen LogP contribution in [0.4, 0.5) is 17.1 Å². The summed E-state index contributed by atoms with van der Waals surface area (Å²) in [5, 5.41) is 2.71. The predicted molar refractivity (Wildman–Crippen MR) is 107 cm³/mol. The normalized spacial score (nSPS) is 13.9. The maximum atomic E-state index is 12.1. The zero-order chi connectivity index (χ0) is 19.2. The van der Waals surface area contributed by atoms with E-state index in [2.05, 4.69) is 26.1 Å². The van der Waals surface area contributed by atoms with Crippen molar-refractivity contribution in [3.63, 3.8) is 0 Å². The molecule has 0 spiro atoms. The number of nitrogens with one attached hydrogen (secondary N) is 1. The minimum absolute atomic E-state index is 0.215. The Hall–Kier alpha value is -2.58. The molecule has 0 unspecified atom stereocenters. The average molecular weight is 434 g/mol. The van der Waals surface area contributed by atoms with Gasteiger partial charge in [-0.2, -0.15) is 0 Å². The molecule has 0 radical (unpaired) electrons. The van der Waals surface area contributed by atoms with E-state index in [1.54, 1.807) is 18.2 Å². The van der Waals surface area contributed by atoms with E-state index in [-0.39, 0.29) is 5.56 Å². The molecule has 1 aliphatic rings. The van der Waals surface area contributed by atoms with Crippen molar-refractivity contribution in [2.24, 2.45) is 0 Å². The SMILES string of the molecule is Nc1ccc(Br)cc1C(=O)OCC(=O)Nc1ccc(N2CCOCC2)cc1. The molecule has 2 aromatic carbocycles. The first-order chi connectivity index (χ1) is 13.0. The summed E-state index contributed by atoms with van der Waals surface area (Å²) in [5.41, 5.74) is 7.98. The van der Waals surface area contributed by atoms with Crippen LogP contribution in [-0.2, 0) is 14.3 Å². The van der Waals surface area contributed by atoms with Gasteiger partial charge in [-0.1, -0.05) is 15.9 Å². The van der Waals surface area contributed by atoms with E-state index >= 15 is 0 Å². The smallest absolute Gasteiger partial charge is 0.340 e. The molecule has 1 fully saturated rings. The number of hydrogen-bond donors (Lipinski definition) is 2. The Morgan fingerprint density at radius 2 is 1.85 bits per heavy atom. The van der Waals surface area contributed by atoms with Gasteiger partial charge in [-0.3, -0.25) is 4.79 Å². The number of morpholine rings is 1. The number of amides is 1. The number of hydrogen-bond acceptors (Lipinski definition) is 6. The van der Waals surface area contributed by atoms with Gasteiger partial charge >= 0.3 is 5.97 Å². The van der Waals surface area contributed by atoms with Gasteiger partial charge in [-0.25, -0.2) is 4.79 Å². The van der Waals surface area contributed by atoms with E-state index in [0.717, 1.165) is 18.8 Å². The molecule has 142 valence electrons. The van der Waals surface area contributed by atoms with Crippen LogP contribution in [0.3, 0.4) is 0 Å². The van der Waals surface area contributed by atoms with Gasteiger partial charge in [-0.05, 0) is 42.5 Å². The second-order valence-corrected chi connectivity index (χ2v) is 6.92. The number of ether oxygens (including phenoxy) is 2. The Kier molecular flexibility index (Phi) is 6.31. The van der Waals surface area contributed by atoms with Crippen molar-refractivity contribution in [1.29, 1.82) is 0 Å². The Morgan fingerprint density at radius 1 is 1.15 bits per heavy atom. The lowest BCUT2D eigenvalue weighted by Gasteiger charge is -2.28. The molecular weight excluding hydrogens is 414 g/mol. The van der Waals surface area contributed by atoms with Gasteiger partial charge < -0.3 is 25.4 Å². The van der Waals surface area contributed by atoms with Gasteiger partial charge in [0.05, 0.1) is 18.8 Å². The summed E-state index contributed by atoms with van der Waals surface area (Å²) < 4.78 is 11.1. The molecule has 3 rings (SSSR count). The second-order valence-electron chi connectivity index (χ2n) is 6.00. The first-order valence-corrected chi connectivity index (χ1v) is 9.27. The van der Waals surface area contributed by atoms with Crippen LogP contribution in [0, 0.1) is 0 Å². The van der Waals surface area contributed by atoms with Crippen LogP contribution in [0.25, 0.3) is 0 Å². The van der Waals surface area contributed by atoms with Gasteiger partial charge in [-0.15, -0.1) is 0 Å². The van der Waals surface area contributed by atoms with Gasteiger partial charge in [0.25, 0.3) is 5.91 Å². The van der Waals surface area contributed by atoms with E-state index in [1.165, 1.54) is 0 Å². The number of carbonyl (C=O) groups excluding carboxylic acids is 2. The molecule has 0 saturated carbocycles. The monoisotopic (exact) mass is 433 g/mol. The molecule has 0 atom stereocenters. The number of anilines is 3. The van der Waals surface area contributed by atoms with Crippen molar-refractivity contribution >= 4 is 44.9 Å². The van der Waals surface area contributed by atoms with E-state index in [1.807, 2.05) is 24.3 Å². The number of esters is 1. The van der Waals surface area contributed by atoms with Crippen molar-refractivity contribution in [3.05, 3.63) is 52.5 Å². The first kappa shape index (κ1) is 19.2. The van der Waals surface area contributed by atoms with Crippen molar-refractivity contribution < 1.29 is 19.1 Å². The van der Waals surface area contributed by atoms with Gasteiger partial charge in [0.1, 0.15) is 0 Å². The third-order valence-electron chi connectivity index (χ3n) is 4.10. The highest BCUT2D eigenvalue weighted by molar-refractivity contribution is 9.10. The fraction of sp³-hybridized carbons (Fsp3) is 0.263. The van der Waals surface area contributed by atoms with E-state index < -0.39 is 18.5 Å². The summed E-state index contributed by atoms with van der Waals surface area (Å²) in [5.74, 6) is -1.07. The maximum absolute atomic E-state index is 12.1. The Labute approximate surface area is 165 Å². The minimum atomic E-state index is -0.647. The van der Waals surface area contributed by atoms with Crippen LogP contribution in [0.1, 0.15) is 10.4 Å². The fourth-order valence-corrected chi connectivity index (χ4v) is 3.05. The molecule has 1 saturated heterocycles. The molecule has 0 aromatic heterocycles. The van der Waals surface area contributed by atoms with Crippen LogP contribution in [0.5, 0.6) is 0 Å². The molecule has 8 heteroatoms. The molecule has 27 heavy (non-hydrogen) atoms. The lowest BCUT2D eigenvalue weighted by atomic mass is 10.2. The number of nitrogens with two attached hydrogens (primary N) is 1. The Morgan fingerprint density at radius 3 is 2.56 bits per heavy atom. The van der Waals surface area contributed by atoms with Crippen molar-refractivity contribution in [2.45, 2.75) is 0 Å². The summed E-state index contributed by atoms with van der Waals surface area (Å²) in [4.78, 5) is 26.3. The third kappa shape index (κ3) is 5.21. The second kappa shape index (κ2) is 8.88. The van der Waals surface area contributed by atoms with Crippen molar-refractivity contribution in [3.8, 4) is 0 Å².